The lowest BCUT2D eigenvalue weighted by Crippen LogP contribution is -2.29. The molecule has 20 heavy (non-hydrogen) atoms. The van der Waals surface area contributed by atoms with Crippen molar-refractivity contribution in [3.63, 3.8) is 0 Å². The SMILES string of the molecule is O=C(CCCCCl)Nc1ccc(N2CCCCC2)cc1. The van der Waals surface area contributed by atoms with Gasteiger partial charge in [0.25, 0.3) is 0 Å². The van der Waals surface area contributed by atoms with Crippen LogP contribution in [0.1, 0.15) is 38.5 Å². The van der Waals surface area contributed by atoms with Gasteiger partial charge in [-0.3, -0.25) is 4.79 Å². The molecule has 1 aromatic carbocycles. The summed E-state index contributed by atoms with van der Waals surface area (Å²) in [6.45, 7) is 2.29. The molecule has 1 N–H and O–H groups in total. The number of alkyl halides is 1. The Morgan fingerprint density at radius 1 is 1.10 bits per heavy atom. The van der Waals surface area contributed by atoms with Crippen molar-refractivity contribution in [3.05, 3.63) is 24.3 Å². The summed E-state index contributed by atoms with van der Waals surface area (Å²) < 4.78 is 0. The molecule has 0 aromatic heterocycles. The van der Waals surface area contributed by atoms with Crippen LogP contribution in [0.4, 0.5) is 11.4 Å². The first-order chi connectivity index (χ1) is 9.79. The van der Waals surface area contributed by atoms with E-state index in [0.29, 0.717) is 12.3 Å². The Bertz CT molecular complexity index is 413. The number of benzene rings is 1. The molecule has 4 heteroatoms. The summed E-state index contributed by atoms with van der Waals surface area (Å²) in [6, 6.07) is 8.17. The van der Waals surface area contributed by atoms with Crippen LogP contribution >= 0.6 is 11.6 Å². The zero-order valence-corrected chi connectivity index (χ0v) is 12.7. The minimum atomic E-state index is 0.0702. The molecule has 0 atom stereocenters. The van der Waals surface area contributed by atoms with Crippen LogP contribution in [-0.4, -0.2) is 24.9 Å². The minimum Gasteiger partial charge on any atom is -0.372 e. The van der Waals surface area contributed by atoms with Crippen molar-refractivity contribution in [2.24, 2.45) is 0 Å². The minimum absolute atomic E-state index is 0.0702. The standard InChI is InChI=1S/C16H23ClN2O/c17-11-3-2-6-16(20)18-14-7-9-15(10-8-14)19-12-4-1-5-13-19/h7-10H,1-6,11-13H2,(H,18,20). The Labute approximate surface area is 126 Å². The Balaban J connectivity index is 1.83. The Hall–Kier alpha value is -1.22. The van der Waals surface area contributed by atoms with E-state index in [1.165, 1.54) is 24.9 Å². The van der Waals surface area contributed by atoms with E-state index in [4.69, 9.17) is 11.6 Å². The smallest absolute Gasteiger partial charge is 0.224 e. The number of rotatable bonds is 6. The zero-order valence-electron chi connectivity index (χ0n) is 11.9. The molecular formula is C16H23ClN2O. The zero-order chi connectivity index (χ0) is 14.2. The average Bonchev–Trinajstić information content (AvgIpc) is 2.49. The number of hydrogen-bond donors (Lipinski definition) is 1. The molecule has 3 nitrogen and oxygen atoms in total. The fraction of sp³-hybridized carbons (Fsp3) is 0.562. The van der Waals surface area contributed by atoms with Gasteiger partial charge < -0.3 is 10.2 Å². The third kappa shape index (κ3) is 4.71. The average molecular weight is 295 g/mol. The normalized spacial score (nSPS) is 15.2. The number of piperidine rings is 1. The van der Waals surface area contributed by atoms with Crippen molar-refractivity contribution in [2.75, 3.05) is 29.2 Å². The van der Waals surface area contributed by atoms with Gasteiger partial charge in [-0.1, -0.05) is 0 Å². The van der Waals surface area contributed by atoms with E-state index in [1.54, 1.807) is 0 Å². The van der Waals surface area contributed by atoms with Gasteiger partial charge in [0.05, 0.1) is 0 Å². The van der Waals surface area contributed by atoms with Gasteiger partial charge in [-0.25, -0.2) is 0 Å². The first-order valence-electron chi connectivity index (χ1n) is 7.50. The van der Waals surface area contributed by atoms with Gasteiger partial charge in [-0.2, -0.15) is 0 Å². The van der Waals surface area contributed by atoms with Crippen molar-refractivity contribution in [1.82, 2.24) is 0 Å². The van der Waals surface area contributed by atoms with E-state index < -0.39 is 0 Å². The molecule has 110 valence electrons. The molecule has 1 aliphatic rings. The molecule has 1 heterocycles. The molecule has 1 aromatic rings. The first kappa shape index (κ1) is 15.2. The number of carbonyl (C=O) groups is 1. The highest BCUT2D eigenvalue weighted by Gasteiger charge is 2.10. The van der Waals surface area contributed by atoms with Gasteiger partial charge in [-0.15, -0.1) is 11.6 Å². The van der Waals surface area contributed by atoms with Crippen LogP contribution in [0, 0.1) is 0 Å². The molecule has 2 rings (SSSR count). The van der Waals surface area contributed by atoms with E-state index >= 15 is 0 Å². The van der Waals surface area contributed by atoms with E-state index in [2.05, 4.69) is 22.3 Å². The molecule has 1 amide bonds. The van der Waals surface area contributed by atoms with Crippen molar-refractivity contribution < 1.29 is 4.79 Å². The highest BCUT2D eigenvalue weighted by atomic mass is 35.5. The molecular weight excluding hydrogens is 272 g/mol. The maximum Gasteiger partial charge on any atom is 0.224 e. The highest BCUT2D eigenvalue weighted by molar-refractivity contribution is 6.17. The summed E-state index contributed by atoms with van der Waals surface area (Å²) in [5.74, 6) is 0.693. The number of halogens is 1. The summed E-state index contributed by atoms with van der Waals surface area (Å²) in [5.41, 5.74) is 2.13. The van der Waals surface area contributed by atoms with Crippen LogP contribution in [0.15, 0.2) is 24.3 Å². The third-order valence-corrected chi connectivity index (χ3v) is 3.93. The maximum atomic E-state index is 11.7. The van der Waals surface area contributed by atoms with Crippen molar-refractivity contribution in [3.8, 4) is 0 Å². The van der Waals surface area contributed by atoms with E-state index in [9.17, 15) is 4.79 Å². The van der Waals surface area contributed by atoms with Gasteiger partial charge in [0, 0.05) is 36.8 Å². The second-order valence-electron chi connectivity index (χ2n) is 5.29. The largest absolute Gasteiger partial charge is 0.372 e. The molecule has 0 radical (unpaired) electrons. The van der Waals surface area contributed by atoms with Gasteiger partial charge in [-0.05, 0) is 56.4 Å². The highest BCUT2D eigenvalue weighted by Crippen LogP contribution is 2.21. The van der Waals surface area contributed by atoms with Crippen molar-refractivity contribution >= 4 is 28.9 Å². The molecule has 1 aliphatic heterocycles. The van der Waals surface area contributed by atoms with Crippen LogP contribution < -0.4 is 10.2 Å². The van der Waals surface area contributed by atoms with Gasteiger partial charge in [0.2, 0.25) is 5.91 Å². The molecule has 0 saturated carbocycles. The maximum absolute atomic E-state index is 11.7. The number of amides is 1. The predicted molar refractivity (Wildman–Crippen MR) is 85.7 cm³/mol. The Morgan fingerprint density at radius 2 is 1.80 bits per heavy atom. The summed E-state index contributed by atoms with van der Waals surface area (Å²) in [7, 11) is 0. The molecule has 0 bridgehead atoms. The summed E-state index contributed by atoms with van der Waals surface area (Å²) in [5, 5.41) is 2.93. The van der Waals surface area contributed by atoms with Crippen LogP contribution in [0.25, 0.3) is 0 Å². The lowest BCUT2D eigenvalue weighted by atomic mass is 10.1. The van der Waals surface area contributed by atoms with E-state index in [0.717, 1.165) is 31.6 Å². The lowest BCUT2D eigenvalue weighted by Gasteiger charge is -2.28. The first-order valence-corrected chi connectivity index (χ1v) is 8.04. The molecule has 1 fully saturated rings. The summed E-state index contributed by atoms with van der Waals surface area (Å²) in [4.78, 5) is 14.1. The van der Waals surface area contributed by atoms with Crippen LogP contribution in [0.2, 0.25) is 0 Å². The van der Waals surface area contributed by atoms with Gasteiger partial charge in [0.15, 0.2) is 0 Å². The molecule has 0 unspecified atom stereocenters. The predicted octanol–water partition coefficient (Wildman–Crippen LogP) is 4.02. The fourth-order valence-corrected chi connectivity index (χ4v) is 2.70. The number of anilines is 2. The molecule has 1 saturated heterocycles. The quantitative estimate of drug-likeness (QED) is 0.635. The number of unbranched alkanes of at least 4 members (excludes halogenated alkanes) is 1. The molecule has 0 aliphatic carbocycles. The number of nitrogens with one attached hydrogen (secondary N) is 1. The lowest BCUT2D eigenvalue weighted by molar-refractivity contribution is -0.116. The van der Waals surface area contributed by atoms with Crippen LogP contribution in [-0.2, 0) is 4.79 Å². The fourth-order valence-electron chi connectivity index (χ4n) is 2.51. The summed E-state index contributed by atoms with van der Waals surface area (Å²) in [6.07, 6.45) is 6.18. The van der Waals surface area contributed by atoms with Crippen molar-refractivity contribution in [2.45, 2.75) is 38.5 Å². The topological polar surface area (TPSA) is 32.3 Å². The second kappa shape index (κ2) is 8.15. The van der Waals surface area contributed by atoms with Gasteiger partial charge in [0.1, 0.15) is 0 Å². The number of hydrogen-bond acceptors (Lipinski definition) is 2. The van der Waals surface area contributed by atoms with Crippen LogP contribution in [0.5, 0.6) is 0 Å². The monoisotopic (exact) mass is 294 g/mol. The number of nitrogens with zero attached hydrogens (tertiary/aromatic N) is 1. The van der Waals surface area contributed by atoms with Gasteiger partial charge >= 0.3 is 0 Å². The third-order valence-electron chi connectivity index (χ3n) is 3.66. The van der Waals surface area contributed by atoms with E-state index in [-0.39, 0.29) is 5.91 Å². The summed E-state index contributed by atoms with van der Waals surface area (Å²) >= 11 is 5.60. The Morgan fingerprint density at radius 3 is 2.45 bits per heavy atom. The number of carbonyl (C=O) groups excluding carboxylic acids is 1. The Kier molecular flexibility index (Phi) is 6.19. The molecule has 0 spiro atoms. The van der Waals surface area contributed by atoms with E-state index in [1.807, 2.05) is 12.1 Å². The second-order valence-corrected chi connectivity index (χ2v) is 5.67. The van der Waals surface area contributed by atoms with Crippen LogP contribution in [0.3, 0.4) is 0 Å². The van der Waals surface area contributed by atoms with Crippen molar-refractivity contribution in [1.29, 1.82) is 0 Å².